The molecule has 0 bridgehead atoms. The standard InChI is InChI=1S/C17H24N2O3/c1-17(2,3)14-6-4-12(5-7-14)10-18-16(22)19-9-8-13(11-19)15(20)21/h4-7,13H,8-11H2,1-3H3,(H,18,22)(H,20,21). The Kier molecular flexibility index (Phi) is 4.74. The first-order chi connectivity index (χ1) is 10.3. The van der Waals surface area contributed by atoms with E-state index >= 15 is 0 Å². The van der Waals surface area contributed by atoms with Gasteiger partial charge in [-0.25, -0.2) is 4.79 Å². The zero-order valence-electron chi connectivity index (χ0n) is 13.4. The highest BCUT2D eigenvalue weighted by Gasteiger charge is 2.30. The minimum Gasteiger partial charge on any atom is -0.481 e. The molecule has 1 aromatic rings. The van der Waals surface area contributed by atoms with Crippen LogP contribution in [-0.2, 0) is 16.8 Å². The minimum absolute atomic E-state index is 0.114. The van der Waals surface area contributed by atoms with Gasteiger partial charge in [-0.2, -0.15) is 0 Å². The molecule has 1 atom stereocenters. The summed E-state index contributed by atoms with van der Waals surface area (Å²) in [6.07, 6.45) is 0.531. The van der Waals surface area contributed by atoms with E-state index in [4.69, 9.17) is 5.11 Å². The molecule has 120 valence electrons. The van der Waals surface area contributed by atoms with Gasteiger partial charge in [0.1, 0.15) is 0 Å². The number of hydrogen-bond donors (Lipinski definition) is 2. The van der Waals surface area contributed by atoms with Gasteiger partial charge in [-0.15, -0.1) is 0 Å². The van der Waals surface area contributed by atoms with Crippen LogP contribution in [0.15, 0.2) is 24.3 Å². The number of hydrogen-bond acceptors (Lipinski definition) is 2. The molecule has 1 saturated heterocycles. The molecule has 0 aliphatic carbocycles. The number of nitrogens with one attached hydrogen (secondary N) is 1. The van der Waals surface area contributed by atoms with E-state index in [0.717, 1.165) is 5.56 Å². The largest absolute Gasteiger partial charge is 0.481 e. The second kappa shape index (κ2) is 6.38. The fourth-order valence-corrected chi connectivity index (χ4v) is 2.56. The van der Waals surface area contributed by atoms with Crippen molar-refractivity contribution in [3.8, 4) is 0 Å². The molecule has 22 heavy (non-hydrogen) atoms. The summed E-state index contributed by atoms with van der Waals surface area (Å²) in [6.45, 7) is 7.75. The van der Waals surface area contributed by atoms with E-state index in [9.17, 15) is 9.59 Å². The van der Waals surface area contributed by atoms with Gasteiger partial charge in [0.25, 0.3) is 0 Å². The predicted octanol–water partition coefficient (Wildman–Crippen LogP) is 2.60. The highest BCUT2D eigenvalue weighted by atomic mass is 16.4. The molecule has 1 aliphatic rings. The van der Waals surface area contributed by atoms with Crippen molar-refractivity contribution in [2.24, 2.45) is 5.92 Å². The second-order valence-corrected chi connectivity index (χ2v) is 6.88. The molecular formula is C17H24N2O3. The van der Waals surface area contributed by atoms with Crippen LogP contribution in [0, 0.1) is 5.92 Å². The van der Waals surface area contributed by atoms with Crippen molar-refractivity contribution in [1.29, 1.82) is 0 Å². The van der Waals surface area contributed by atoms with Gasteiger partial charge in [-0.1, -0.05) is 45.0 Å². The van der Waals surface area contributed by atoms with Crippen molar-refractivity contribution in [2.45, 2.75) is 39.2 Å². The van der Waals surface area contributed by atoms with E-state index in [-0.39, 0.29) is 11.4 Å². The van der Waals surface area contributed by atoms with Gasteiger partial charge >= 0.3 is 12.0 Å². The van der Waals surface area contributed by atoms with Gasteiger partial charge < -0.3 is 15.3 Å². The number of carboxylic acids is 1. The summed E-state index contributed by atoms with van der Waals surface area (Å²) in [5, 5.41) is 11.8. The molecule has 0 saturated carbocycles. The molecule has 0 aromatic heterocycles. The lowest BCUT2D eigenvalue weighted by molar-refractivity contribution is -0.141. The number of urea groups is 1. The minimum atomic E-state index is -0.826. The third-order valence-electron chi connectivity index (χ3n) is 4.09. The third-order valence-corrected chi connectivity index (χ3v) is 4.09. The molecule has 2 rings (SSSR count). The molecule has 5 heteroatoms. The smallest absolute Gasteiger partial charge is 0.317 e. The molecule has 1 heterocycles. The van der Waals surface area contributed by atoms with Crippen molar-refractivity contribution < 1.29 is 14.7 Å². The summed E-state index contributed by atoms with van der Waals surface area (Å²) in [7, 11) is 0. The van der Waals surface area contributed by atoms with Crippen LogP contribution in [0.4, 0.5) is 4.79 Å². The molecule has 2 amide bonds. The summed E-state index contributed by atoms with van der Waals surface area (Å²) < 4.78 is 0. The molecule has 0 spiro atoms. The highest BCUT2D eigenvalue weighted by Crippen LogP contribution is 2.22. The van der Waals surface area contributed by atoms with Crippen LogP contribution in [0.2, 0.25) is 0 Å². The number of benzene rings is 1. The van der Waals surface area contributed by atoms with Crippen LogP contribution < -0.4 is 5.32 Å². The van der Waals surface area contributed by atoms with Crippen LogP contribution in [0.25, 0.3) is 0 Å². The maximum atomic E-state index is 12.0. The van der Waals surface area contributed by atoms with Crippen molar-refractivity contribution in [3.05, 3.63) is 35.4 Å². The molecule has 1 aliphatic heterocycles. The number of aliphatic carboxylic acids is 1. The molecule has 0 radical (unpaired) electrons. The van der Waals surface area contributed by atoms with Gasteiger partial charge in [0, 0.05) is 19.6 Å². The maximum absolute atomic E-state index is 12.0. The van der Waals surface area contributed by atoms with Crippen molar-refractivity contribution in [2.75, 3.05) is 13.1 Å². The fraction of sp³-hybridized carbons (Fsp3) is 0.529. The summed E-state index contributed by atoms with van der Waals surface area (Å²) in [5.74, 6) is -1.26. The first-order valence-electron chi connectivity index (χ1n) is 7.62. The Morgan fingerprint density at radius 2 is 1.91 bits per heavy atom. The molecule has 1 unspecified atom stereocenters. The number of amides is 2. The Labute approximate surface area is 131 Å². The monoisotopic (exact) mass is 304 g/mol. The van der Waals surface area contributed by atoms with Crippen molar-refractivity contribution in [3.63, 3.8) is 0 Å². The molecule has 1 aromatic carbocycles. The Hall–Kier alpha value is -2.04. The van der Waals surface area contributed by atoms with Gasteiger partial charge in [-0.3, -0.25) is 4.79 Å². The zero-order valence-corrected chi connectivity index (χ0v) is 13.4. The van der Waals surface area contributed by atoms with E-state index in [2.05, 4.69) is 38.2 Å². The Morgan fingerprint density at radius 1 is 1.27 bits per heavy atom. The van der Waals surface area contributed by atoms with Crippen LogP contribution in [0.5, 0.6) is 0 Å². The molecule has 2 N–H and O–H groups in total. The van der Waals surface area contributed by atoms with Crippen LogP contribution in [0.1, 0.15) is 38.3 Å². The van der Waals surface area contributed by atoms with E-state index in [1.165, 1.54) is 5.56 Å². The highest BCUT2D eigenvalue weighted by molar-refractivity contribution is 5.77. The lowest BCUT2D eigenvalue weighted by Gasteiger charge is -2.20. The number of nitrogens with zero attached hydrogens (tertiary/aromatic N) is 1. The fourth-order valence-electron chi connectivity index (χ4n) is 2.56. The number of carboxylic acid groups (broad SMARTS) is 1. The Balaban J connectivity index is 1.85. The third kappa shape index (κ3) is 4.00. The summed E-state index contributed by atoms with van der Waals surface area (Å²) in [4.78, 5) is 24.5. The summed E-state index contributed by atoms with van der Waals surface area (Å²) >= 11 is 0. The van der Waals surface area contributed by atoms with Crippen molar-refractivity contribution >= 4 is 12.0 Å². The summed E-state index contributed by atoms with van der Waals surface area (Å²) in [5.41, 5.74) is 2.41. The number of carbonyl (C=O) groups excluding carboxylic acids is 1. The number of likely N-dealkylation sites (tertiary alicyclic amines) is 1. The first-order valence-corrected chi connectivity index (χ1v) is 7.62. The van der Waals surface area contributed by atoms with Gasteiger partial charge in [0.2, 0.25) is 0 Å². The maximum Gasteiger partial charge on any atom is 0.317 e. The van der Waals surface area contributed by atoms with E-state index in [1.807, 2.05) is 12.1 Å². The molecule has 5 nitrogen and oxygen atoms in total. The Bertz CT molecular complexity index is 546. The van der Waals surface area contributed by atoms with Crippen LogP contribution in [-0.4, -0.2) is 35.1 Å². The first kappa shape index (κ1) is 16.3. The van der Waals surface area contributed by atoms with E-state index in [0.29, 0.717) is 26.1 Å². The Morgan fingerprint density at radius 3 is 2.41 bits per heavy atom. The van der Waals surface area contributed by atoms with E-state index < -0.39 is 11.9 Å². The average Bonchev–Trinajstić information content (AvgIpc) is 2.94. The van der Waals surface area contributed by atoms with E-state index in [1.54, 1.807) is 4.90 Å². The topological polar surface area (TPSA) is 69.6 Å². The normalized spacial score (nSPS) is 18.3. The van der Waals surface area contributed by atoms with Gasteiger partial charge in [0.15, 0.2) is 0 Å². The van der Waals surface area contributed by atoms with Crippen LogP contribution in [0.3, 0.4) is 0 Å². The lowest BCUT2D eigenvalue weighted by Crippen LogP contribution is -2.38. The van der Waals surface area contributed by atoms with Crippen LogP contribution >= 0.6 is 0 Å². The molecule has 1 fully saturated rings. The quantitative estimate of drug-likeness (QED) is 0.902. The SMILES string of the molecule is CC(C)(C)c1ccc(CNC(=O)N2CCC(C(=O)O)C2)cc1. The zero-order chi connectivity index (χ0) is 16.3. The number of rotatable bonds is 3. The van der Waals surface area contributed by atoms with Crippen molar-refractivity contribution in [1.82, 2.24) is 10.2 Å². The van der Waals surface area contributed by atoms with Gasteiger partial charge in [0.05, 0.1) is 5.92 Å². The lowest BCUT2D eigenvalue weighted by atomic mass is 9.87. The number of carbonyl (C=O) groups is 2. The van der Waals surface area contributed by atoms with Gasteiger partial charge in [-0.05, 0) is 23.0 Å². The molecular weight excluding hydrogens is 280 g/mol. The predicted molar refractivity (Wildman–Crippen MR) is 84.7 cm³/mol. The average molecular weight is 304 g/mol. The second-order valence-electron chi connectivity index (χ2n) is 6.88. The summed E-state index contributed by atoms with van der Waals surface area (Å²) in [6, 6.07) is 8.01.